The van der Waals surface area contributed by atoms with Crippen molar-refractivity contribution in [1.82, 2.24) is 0 Å². The predicted octanol–water partition coefficient (Wildman–Crippen LogP) is 2.37. The minimum absolute atomic E-state index is 0.0599. The van der Waals surface area contributed by atoms with E-state index in [1.807, 2.05) is 0 Å². The summed E-state index contributed by atoms with van der Waals surface area (Å²) in [6.45, 7) is 0.464. The number of ether oxygens (including phenoxy) is 3. The summed E-state index contributed by atoms with van der Waals surface area (Å²) in [4.78, 5) is 11.4. The molecule has 6 heteroatoms. The van der Waals surface area contributed by atoms with E-state index in [1.165, 1.54) is 12.1 Å². The summed E-state index contributed by atoms with van der Waals surface area (Å²) in [5.74, 6) is -0.0690. The molecule has 0 aromatic heterocycles. The van der Waals surface area contributed by atoms with E-state index < -0.39 is 11.7 Å². The number of carbonyl (C=O) groups is 1. The van der Waals surface area contributed by atoms with Gasteiger partial charge in [0.25, 0.3) is 5.91 Å². The van der Waals surface area contributed by atoms with Crippen LogP contribution in [-0.2, 0) is 18.0 Å². The number of hydrogen-bond acceptors (Lipinski definition) is 4. The van der Waals surface area contributed by atoms with Crippen molar-refractivity contribution >= 4 is 5.91 Å². The largest absolute Gasteiger partial charge is 0.488 e. The molecule has 0 fully saturated rings. The maximum atomic E-state index is 13.6. The highest BCUT2D eigenvalue weighted by molar-refractivity contribution is 5.95. The number of fused-ring (bicyclic) bond motifs is 1. The number of nitrogens with two attached hydrogens (primary N) is 1. The van der Waals surface area contributed by atoms with Crippen LogP contribution in [0.2, 0.25) is 0 Å². The van der Waals surface area contributed by atoms with Gasteiger partial charge < -0.3 is 19.9 Å². The van der Waals surface area contributed by atoms with Gasteiger partial charge in [0.05, 0.1) is 12.2 Å². The third-order valence-corrected chi connectivity index (χ3v) is 3.29. The van der Waals surface area contributed by atoms with Gasteiger partial charge in [-0.15, -0.1) is 0 Å². The van der Waals surface area contributed by atoms with Crippen LogP contribution in [0.25, 0.3) is 0 Å². The average Bonchev–Trinajstić information content (AvgIpc) is 2.52. The second-order valence-electron chi connectivity index (χ2n) is 4.81. The molecule has 1 amide bonds. The van der Waals surface area contributed by atoms with Gasteiger partial charge in [0.1, 0.15) is 23.9 Å². The van der Waals surface area contributed by atoms with Crippen LogP contribution < -0.4 is 15.2 Å². The van der Waals surface area contributed by atoms with Crippen molar-refractivity contribution < 1.29 is 23.4 Å². The molecule has 3 rings (SSSR count). The maximum Gasteiger partial charge on any atom is 0.252 e. The molecule has 0 atom stereocenters. The lowest BCUT2D eigenvalue weighted by Crippen LogP contribution is -2.15. The molecular formula is C16H14FNO4. The third kappa shape index (κ3) is 2.87. The van der Waals surface area contributed by atoms with E-state index in [0.29, 0.717) is 22.6 Å². The van der Waals surface area contributed by atoms with E-state index >= 15 is 0 Å². The standard InChI is InChI=1S/C16H14FNO4/c17-12-5-10-7-20-9-22-15(10)11(6-12)8-21-14-4-2-1-3-13(14)16(18)19/h1-6H,7-9H2,(H2,18,19). The van der Waals surface area contributed by atoms with Gasteiger partial charge >= 0.3 is 0 Å². The first kappa shape index (κ1) is 14.3. The lowest BCUT2D eigenvalue weighted by molar-refractivity contribution is -0.0178. The Morgan fingerprint density at radius 3 is 2.95 bits per heavy atom. The molecule has 0 bridgehead atoms. The summed E-state index contributed by atoms with van der Waals surface area (Å²) < 4.78 is 29.8. The molecule has 0 spiro atoms. The number of halogens is 1. The van der Waals surface area contributed by atoms with Crippen molar-refractivity contribution in [3.8, 4) is 11.5 Å². The SMILES string of the molecule is NC(=O)c1ccccc1OCc1cc(F)cc2c1OCOC2. The third-order valence-electron chi connectivity index (χ3n) is 3.29. The smallest absolute Gasteiger partial charge is 0.252 e. The van der Waals surface area contributed by atoms with Crippen LogP contribution in [-0.4, -0.2) is 12.7 Å². The van der Waals surface area contributed by atoms with Crippen LogP contribution in [0.5, 0.6) is 11.5 Å². The first-order valence-corrected chi connectivity index (χ1v) is 6.68. The van der Waals surface area contributed by atoms with E-state index in [9.17, 15) is 9.18 Å². The van der Waals surface area contributed by atoms with E-state index in [1.54, 1.807) is 24.3 Å². The molecule has 1 heterocycles. The Hall–Kier alpha value is -2.60. The number of carbonyl (C=O) groups excluding carboxylic acids is 1. The first-order chi connectivity index (χ1) is 10.6. The van der Waals surface area contributed by atoms with Gasteiger partial charge in [-0.25, -0.2) is 4.39 Å². The number of hydrogen-bond donors (Lipinski definition) is 1. The lowest BCUT2D eigenvalue weighted by Gasteiger charge is -2.21. The van der Waals surface area contributed by atoms with Crippen molar-refractivity contribution in [2.24, 2.45) is 5.73 Å². The van der Waals surface area contributed by atoms with Crippen LogP contribution in [0.3, 0.4) is 0 Å². The van der Waals surface area contributed by atoms with Crippen molar-refractivity contribution in [3.05, 3.63) is 58.9 Å². The van der Waals surface area contributed by atoms with Gasteiger partial charge in [-0.05, 0) is 24.3 Å². The predicted molar refractivity (Wildman–Crippen MR) is 76.0 cm³/mol. The van der Waals surface area contributed by atoms with Crippen LogP contribution in [0.4, 0.5) is 4.39 Å². The van der Waals surface area contributed by atoms with E-state index in [0.717, 1.165) is 0 Å². The molecular weight excluding hydrogens is 289 g/mol. The molecule has 5 nitrogen and oxygen atoms in total. The fourth-order valence-corrected chi connectivity index (χ4v) is 2.32. The molecule has 0 saturated heterocycles. The molecule has 2 N–H and O–H groups in total. The van der Waals surface area contributed by atoms with Gasteiger partial charge in [-0.3, -0.25) is 4.79 Å². The minimum Gasteiger partial charge on any atom is -0.488 e. The fraction of sp³-hybridized carbons (Fsp3) is 0.188. The number of benzene rings is 2. The molecule has 22 heavy (non-hydrogen) atoms. The van der Waals surface area contributed by atoms with Gasteiger partial charge in [-0.1, -0.05) is 12.1 Å². The van der Waals surface area contributed by atoms with E-state index in [2.05, 4.69) is 0 Å². The Labute approximate surface area is 126 Å². The Bertz CT molecular complexity index is 717. The second kappa shape index (κ2) is 6.03. The molecule has 0 unspecified atom stereocenters. The van der Waals surface area contributed by atoms with Gasteiger partial charge in [-0.2, -0.15) is 0 Å². The highest BCUT2D eigenvalue weighted by atomic mass is 19.1. The quantitative estimate of drug-likeness (QED) is 0.941. The zero-order valence-electron chi connectivity index (χ0n) is 11.7. The topological polar surface area (TPSA) is 70.8 Å². The monoisotopic (exact) mass is 303 g/mol. The summed E-state index contributed by atoms with van der Waals surface area (Å²) in [5.41, 5.74) is 6.76. The van der Waals surface area contributed by atoms with Crippen molar-refractivity contribution in [1.29, 1.82) is 0 Å². The number of rotatable bonds is 4. The summed E-state index contributed by atoms with van der Waals surface area (Å²) in [5, 5.41) is 0. The van der Waals surface area contributed by atoms with Gasteiger partial charge in [0.15, 0.2) is 6.79 Å². The van der Waals surface area contributed by atoms with E-state index in [-0.39, 0.29) is 25.6 Å². The van der Waals surface area contributed by atoms with Crippen molar-refractivity contribution in [3.63, 3.8) is 0 Å². The molecule has 2 aromatic carbocycles. The normalized spacial score (nSPS) is 13.1. The van der Waals surface area contributed by atoms with E-state index in [4.69, 9.17) is 19.9 Å². The molecule has 2 aromatic rings. The highest BCUT2D eigenvalue weighted by Gasteiger charge is 2.18. The molecule has 0 aliphatic carbocycles. The molecule has 1 aliphatic rings. The van der Waals surface area contributed by atoms with Crippen LogP contribution >= 0.6 is 0 Å². The van der Waals surface area contributed by atoms with Crippen LogP contribution in [0.1, 0.15) is 21.5 Å². The van der Waals surface area contributed by atoms with Gasteiger partial charge in [0.2, 0.25) is 0 Å². The Morgan fingerprint density at radius 2 is 2.14 bits per heavy atom. The van der Waals surface area contributed by atoms with Crippen LogP contribution in [0.15, 0.2) is 36.4 Å². The Kier molecular flexibility index (Phi) is 3.93. The molecule has 114 valence electrons. The molecule has 0 radical (unpaired) electrons. The van der Waals surface area contributed by atoms with Crippen LogP contribution in [0, 0.1) is 5.82 Å². The van der Waals surface area contributed by atoms with Crippen molar-refractivity contribution in [2.45, 2.75) is 13.2 Å². The number of para-hydroxylation sites is 1. The highest BCUT2D eigenvalue weighted by Crippen LogP contribution is 2.30. The first-order valence-electron chi connectivity index (χ1n) is 6.68. The fourth-order valence-electron chi connectivity index (χ4n) is 2.32. The Morgan fingerprint density at radius 1 is 1.32 bits per heavy atom. The maximum absolute atomic E-state index is 13.6. The molecule has 1 aliphatic heterocycles. The van der Waals surface area contributed by atoms with Gasteiger partial charge in [0, 0.05) is 11.1 Å². The summed E-state index contributed by atoms with van der Waals surface area (Å²) >= 11 is 0. The minimum atomic E-state index is -0.582. The zero-order valence-corrected chi connectivity index (χ0v) is 11.7. The number of amides is 1. The second-order valence-corrected chi connectivity index (χ2v) is 4.81. The molecule has 0 saturated carbocycles. The summed E-state index contributed by atoms with van der Waals surface area (Å²) in [7, 11) is 0. The number of primary amides is 1. The average molecular weight is 303 g/mol. The van der Waals surface area contributed by atoms with Crippen molar-refractivity contribution in [2.75, 3.05) is 6.79 Å². The Balaban J connectivity index is 1.86. The zero-order chi connectivity index (χ0) is 15.5. The summed E-state index contributed by atoms with van der Waals surface area (Å²) in [6.07, 6.45) is 0. The lowest BCUT2D eigenvalue weighted by atomic mass is 10.1. The summed E-state index contributed by atoms with van der Waals surface area (Å²) in [6, 6.07) is 9.34.